The predicted octanol–water partition coefficient (Wildman–Crippen LogP) is 3.55. The number of anilines is 3. The van der Waals surface area contributed by atoms with E-state index in [2.05, 4.69) is 26.3 Å². The van der Waals surface area contributed by atoms with Gasteiger partial charge in [-0.25, -0.2) is 18.4 Å². The summed E-state index contributed by atoms with van der Waals surface area (Å²) in [6.07, 6.45) is 3.34. The summed E-state index contributed by atoms with van der Waals surface area (Å²) in [7, 11) is -2.91. The molecule has 0 spiro atoms. The summed E-state index contributed by atoms with van der Waals surface area (Å²) >= 11 is 0. The molecule has 0 radical (unpaired) electrons. The molecule has 0 amide bonds. The molecule has 9 nitrogen and oxygen atoms in total. The van der Waals surface area contributed by atoms with E-state index in [0.29, 0.717) is 49.3 Å². The fourth-order valence-corrected chi connectivity index (χ4v) is 5.48. The van der Waals surface area contributed by atoms with Crippen LogP contribution in [0.1, 0.15) is 18.4 Å². The number of sulfone groups is 1. The number of nitrogens with zero attached hydrogens (tertiary/aromatic N) is 4. The van der Waals surface area contributed by atoms with E-state index in [4.69, 9.17) is 9.47 Å². The lowest BCUT2D eigenvalue weighted by Crippen LogP contribution is -2.40. The van der Waals surface area contributed by atoms with Gasteiger partial charge in [-0.3, -0.25) is 0 Å². The fourth-order valence-electron chi connectivity index (χ4n) is 4.27. The van der Waals surface area contributed by atoms with Crippen molar-refractivity contribution in [3.63, 3.8) is 0 Å². The number of hydrogen-bond donors (Lipinski definition) is 1. The van der Waals surface area contributed by atoms with Crippen LogP contribution in [0.3, 0.4) is 0 Å². The van der Waals surface area contributed by atoms with E-state index >= 15 is 0 Å². The van der Waals surface area contributed by atoms with Gasteiger partial charge in [0, 0.05) is 49.1 Å². The Morgan fingerprint density at radius 1 is 1.06 bits per heavy atom. The number of aromatic nitrogens is 2. The van der Waals surface area contributed by atoms with Crippen molar-refractivity contribution in [2.75, 3.05) is 48.0 Å². The average Bonchev–Trinajstić information content (AvgIpc) is 2.90. The second-order valence-electron chi connectivity index (χ2n) is 8.83. The third-order valence-electron chi connectivity index (χ3n) is 6.33. The van der Waals surface area contributed by atoms with E-state index in [1.807, 2.05) is 30.3 Å². The maximum Gasteiger partial charge on any atom is 0.161 e. The van der Waals surface area contributed by atoms with Gasteiger partial charge in [-0.1, -0.05) is 0 Å². The molecule has 0 unspecified atom stereocenters. The molecule has 0 aliphatic carbocycles. The Hall–Kier alpha value is -3.68. The summed E-state index contributed by atoms with van der Waals surface area (Å²) in [6.45, 7) is 2.36. The van der Waals surface area contributed by atoms with Crippen LogP contribution < -0.4 is 15.0 Å². The van der Waals surface area contributed by atoms with Gasteiger partial charge in [0.05, 0.1) is 30.3 Å². The normalized spacial score (nSPS) is 17.8. The van der Waals surface area contributed by atoms with Crippen LogP contribution in [0.2, 0.25) is 0 Å². The Morgan fingerprint density at radius 3 is 2.53 bits per heavy atom. The van der Waals surface area contributed by atoms with Crippen molar-refractivity contribution >= 4 is 27.0 Å². The SMILES string of the molecule is N#Cc1cc(-c2nccc(Nc3ccc(N4CCS(=O)(=O)CC4)cc3)n2)ccc1OC1CCOCC1. The number of hydrogen-bond acceptors (Lipinski definition) is 9. The van der Waals surface area contributed by atoms with E-state index in [0.717, 1.165) is 29.8 Å². The second-order valence-corrected chi connectivity index (χ2v) is 11.1. The van der Waals surface area contributed by atoms with Gasteiger partial charge in [-0.05, 0) is 48.5 Å². The van der Waals surface area contributed by atoms with Crippen LogP contribution in [0.25, 0.3) is 11.4 Å². The molecule has 1 aromatic heterocycles. The summed E-state index contributed by atoms with van der Waals surface area (Å²) < 4.78 is 34.8. The van der Waals surface area contributed by atoms with Gasteiger partial charge in [-0.2, -0.15) is 5.26 Å². The third-order valence-corrected chi connectivity index (χ3v) is 7.93. The second kappa shape index (κ2) is 10.5. The van der Waals surface area contributed by atoms with Crippen LogP contribution in [-0.4, -0.2) is 62.3 Å². The smallest absolute Gasteiger partial charge is 0.161 e. The van der Waals surface area contributed by atoms with E-state index in [1.54, 1.807) is 24.4 Å². The van der Waals surface area contributed by atoms with Gasteiger partial charge in [0.2, 0.25) is 0 Å². The first kappa shape index (κ1) is 24.0. The standard InChI is InChI=1S/C26H27N5O4S/c27-18-20-17-19(1-6-24(20)35-23-8-13-34-14-9-23)26-28-10-7-25(30-26)29-21-2-4-22(5-3-21)31-11-15-36(32,33)16-12-31/h1-7,10,17,23H,8-9,11-16H2,(H,28,29,30). The molecule has 2 aromatic carbocycles. The first-order valence-electron chi connectivity index (χ1n) is 11.9. The lowest BCUT2D eigenvalue weighted by atomic mass is 10.1. The van der Waals surface area contributed by atoms with Crippen molar-refractivity contribution in [2.24, 2.45) is 0 Å². The highest BCUT2D eigenvalue weighted by Gasteiger charge is 2.22. The van der Waals surface area contributed by atoms with Crippen molar-refractivity contribution < 1.29 is 17.9 Å². The zero-order chi connectivity index (χ0) is 25.0. The zero-order valence-corrected chi connectivity index (χ0v) is 20.6. The van der Waals surface area contributed by atoms with E-state index < -0.39 is 9.84 Å². The number of rotatable bonds is 6. The Morgan fingerprint density at radius 2 is 1.81 bits per heavy atom. The lowest BCUT2D eigenvalue weighted by molar-refractivity contribution is 0.0254. The van der Waals surface area contributed by atoms with Crippen LogP contribution in [0, 0.1) is 11.3 Å². The summed E-state index contributed by atoms with van der Waals surface area (Å²) in [5, 5.41) is 13.0. The van der Waals surface area contributed by atoms with Gasteiger partial charge in [0.25, 0.3) is 0 Å². The molecular weight excluding hydrogens is 478 g/mol. The van der Waals surface area contributed by atoms with Crippen molar-refractivity contribution in [2.45, 2.75) is 18.9 Å². The summed E-state index contributed by atoms with van der Waals surface area (Å²) in [6, 6.07) is 17.2. The van der Waals surface area contributed by atoms with E-state index in [1.165, 1.54) is 0 Å². The number of benzene rings is 2. The topological polar surface area (TPSA) is 117 Å². The van der Waals surface area contributed by atoms with Gasteiger partial charge >= 0.3 is 0 Å². The quantitative estimate of drug-likeness (QED) is 0.537. The first-order chi connectivity index (χ1) is 17.5. The number of ether oxygens (including phenoxy) is 2. The Kier molecular flexibility index (Phi) is 7.02. The molecule has 3 aromatic rings. The summed E-state index contributed by atoms with van der Waals surface area (Å²) in [5.74, 6) is 2.06. The fraction of sp³-hybridized carbons (Fsp3) is 0.346. The minimum atomic E-state index is -2.91. The van der Waals surface area contributed by atoms with Crippen molar-refractivity contribution in [3.05, 3.63) is 60.3 Å². The predicted molar refractivity (Wildman–Crippen MR) is 137 cm³/mol. The molecule has 2 saturated heterocycles. The Labute approximate surface area is 210 Å². The molecule has 0 atom stereocenters. The van der Waals surface area contributed by atoms with Gasteiger partial charge in [0.15, 0.2) is 15.7 Å². The van der Waals surface area contributed by atoms with Crippen molar-refractivity contribution in [3.8, 4) is 23.2 Å². The van der Waals surface area contributed by atoms with Crippen LogP contribution in [0.5, 0.6) is 5.75 Å². The highest BCUT2D eigenvalue weighted by atomic mass is 32.2. The van der Waals surface area contributed by atoms with E-state index in [-0.39, 0.29) is 17.6 Å². The molecule has 3 heterocycles. The number of nitriles is 1. The highest BCUT2D eigenvalue weighted by molar-refractivity contribution is 7.91. The Bertz CT molecular complexity index is 1350. The maximum absolute atomic E-state index is 11.7. The molecule has 10 heteroatoms. The first-order valence-corrected chi connectivity index (χ1v) is 13.8. The van der Waals surface area contributed by atoms with Gasteiger partial charge in [0.1, 0.15) is 23.7 Å². The molecule has 2 fully saturated rings. The maximum atomic E-state index is 11.7. The minimum absolute atomic E-state index is 0.0508. The molecular formula is C26H27N5O4S. The minimum Gasteiger partial charge on any atom is -0.489 e. The lowest BCUT2D eigenvalue weighted by Gasteiger charge is -2.28. The van der Waals surface area contributed by atoms with Crippen LogP contribution in [0.15, 0.2) is 54.7 Å². The summed E-state index contributed by atoms with van der Waals surface area (Å²) in [5.41, 5.74) is 3.02. The van der Waals surface area contributed by atoms with Gasteiger partial charge < -0.3 is 19.7 Å². The Balaban J connectivity index is 1.27. The van der Waals surface area contributed by atoms with Crippen molar-refractivity contribution in [1.82, 2.24) is 9.97 Å². The summed E-state index contributed by atoms with van der Waals surface area (Å²) in [4.78, 5) is 11.1. The zero-order valence-electron chi connectivity index (χ0n) is 19.8. The van der Waals surface area contributed by atoms with Crippen molar-refractivity contribution in [1.29, 1.82) is 5.26 Å². The van der Waals surface area contributed by atoms with E-state index in [9.17, 15) is 13.7 Å². The van der Waals surface area contributed by atoms with Crippen LogP contribution in [0.4, 0.5) is 17.2 Å². The van der Waals surface area contributed by atoms with Gasteiger partial charge in [-0.15, -0.1) is 0 Å². The average molecular weight is 506 g/mol. The molecule has 2 aliphatic heterocycles. The monoisotopic (exact) mass is 505 g/mol. The largest absolute Gasteiger partial charge is 0.489 e. The molecule has 1 N–H and O–H groups in total. The molecule has 36 heavy (non-hydrogen) atoms. The number of nitrogens with one attached hydrogen (secondary N) is 1. The highest BCUT2D eigenvalue weighted by Crippen LogP contribution is 2.28. The molecule has 0 saturated carbocycles. The van der Waals surface area contributed by atoms with Crippen LogP contribution >= 0.6 is 0 Å². The molecule has 2 aliphatic rings. The van der Waals surface area contributed by atoms with Crippen LogP contribution in [-0.2, 0) is 14.6 Å². The molecule has 186 valence electrons. The molecule has 0 bridgehead atoms. The molecule has 5 rings (SSSR count). The third kappa shape index (κ3) is 5.75.